The van der Waals surface area contributed by atoms with Crippen molar-refractivity contribution in [3.05, 3.63) is 59.7 Å². The van der Waals surface area contributed by atoms with E-state index in [1.54, 1.807) is 0 Å². The molecule has 4 heteroatoms. The zero-order chi connectivity index (χ0) is 23.2. The van der Waals surface area contributed by atoms with Crippen molar-refractivity contribution in [3.63, 3.8) is 0 Å². The van der Waals surface area contributed by atoms with E-state index in [2.05, 4.69) is 42.5 Å². The lowest BCUT2D eigenvalue weighted by Gasteiger charge is -2.51. The van der Waals surface area contributed by atoms with Crippen LogP contribution < -0.4 is 0 Å². The molecule has 0 bridgehead atoms. The van der Waals surface area contributed by atoms with E-state index < -0.39 is 29.2 Å². The second-order valence-electron chi connectivity index (χ2n) is 9.48. The maximum Gasteiger partial charge on any atom is 0.306 e. The molecule has 4 rings (SSSR count). The Kier molecular flexibility index (Phi) is 5.74. The number of rotatable bonds is 8. The number of hydrogen-bond acceptors (Lipinski definition) is 2. The normalized spacial score (nSPS) is 21.4. The van der Waals surface area contributed by atoms with E-state index in [0.717, 1.165) is 16.3 Å². The smallest absolute Gasteiger partial charge is 0.306 e. The van der Waals surface area contributed by atoms with Gasteiger partial charge in [0.2, 0.25) is 0 Å². The summed E-state index contributed by atoms with van der Waals surface area (Å²) in [5.41, 5.74) is 1.70. The molecule has 2 N–H and O–H groups in total. The standard InChI is InChI=1S/C28H32O4/c1-5-21(26(29)30)16(3)28(17(4)22(6-2)27(31)32)15-20-11-7-9-18-13-14-19-10-8-12-23(28)25(19)24(18)20/h7-14,16-17,21-22H,5-6,15H2,1-4H3,(H,29,30)(H,31,32). The summed E-state index contributed by atoms with van der Waals surface area (Å²) in [4.78, 5) is 24.6. The van der Waals surface area contributed by atoms with Crippen LogP contribution in [-0.2, 0) is 21.4 Å². The molecule has 4 nitrogen and oxygen atoms in total. The van der Waals surface area contributed by atoms with Crippen LogP contribution in [0.15, 0.2) is 48.5 Å². The Morgan fingerprint density at radius 2 is 1.31 bits per heavy atom. The average Bonchev–Trinajstić information content (AvgIpc) is 2.77. The zero-order valence-electron chi connectivity index (χ0n) is 19.3. The van der Waals surface area contributed by atoms with Crippen LogP contribution in [0.2, 0.25) is 0 Å². The zero-order valence-corrected chi connectivity index (χ0v) is 19.3. The number of aliphatic carboxylic acids is 2. The Balaban J connectivity index is 2.11. The molecule has 0 aliphatic heterocycles. The number of benzene rings is 3. The second-order valence-corrected chi connectivity index (χ2v) is 9.48. The number of hydrogen-bond donors (Lipinski definition) is 2. The first-order chi connectivity index (χ1) is 15.3. The number of carboxylic acids is 2. The first kappa shape index (κ1) is 22.3. The minimum atomic E-state index is -0.806. The van der Waals surface area contributed by atoms with Gasteiger partial charge in [-0.1, -0.05) is 76.2 Å². The van der Waals surface area contributed by atoms with Gasteiger partial charge >= 0.3 is 11.9 Å². The van der Waals surface area contributed by atoms with Crippen LogP contribution in [0.25, 0.3) is 21.5 Å². The van der Waals surface area contributed by atoms with E-state index >= 15 is 0 Å². The maximum absolute atomic E-state index is 12.3. The molecule has 0 heterocycles. The summed E-state index contributed by atoms with van der Waals surface area (Å²) in [6, 6.07) is 16.8. The fourth-order valence-electron chi connectivity index (χ4n) is 6.61. The largest absolute Gasteiger partial charge is 0.481 e. The molecule has 3 aromatic carbocycles. The van der Waals surface area contributed by atoms with E-state index in [0.29, 0.717) is 19.3 Å². The lowest BCUT2D eigenvalue weighted by Crippen LogP contribution is -2.51. The van der Waals surface area contributed by atoms with Crippen molar-refractivity contribution in [2.24, 2.45) is 23.7 Å². The summed E-state index contributed by atoms with van der Waals surface area (Å²) >= 11 is 0. The minimum absolute atomic E-state index is 0.234. The van der Waals surface area contributed by atoms with Crippen molar-refractivity contribution in [1.29, 1.82) is 0 Å². The summed E-state index contributed by atoms with van der Waals surface area (Å²) in [6.07, 6.45) is 1.67. The van der Waals surface area contributed by atoms with Crippen LogP contribution in [0.4, 0.5) is 0 Å². The summed E-state index contributed by atoms with van der Waals surface area (Å²) in [6.45, 7) is 7.89. The summed E-state index contributed by atoms with van der Waals surface area (Å²) in [7, 11) is 0. The van der Waals surface area contributed by atoms with Gasteiger partial charge in [-0.3, -0.25) is 9.59 Å². The van der Waals surface area contributed by atoms with Crippen LogP contribution in [-0.4, -0.2) is 22.2 Å². The molecule has 168 valence electrons. The topological polar surface area (TPSA) is 74.6 Å². The third-order valence-corrected chi connectivity index (χ3v) is 8.30. The van der Waals surface area contributed by atoms with Gasteiger partial charge in [0.25, 0.3) is 0 Å². The fourth-order valence-corrected chi connectivity index (χ4v) is 6.61. The van der Waals surface area contributed by atoms with Crippen LogP contribution in [0.5, 0.6) is 0 Å². The third-order valence-electron chi connectivity index (χ3n) is 8.30. The van der Waals surface area contributed by atoms with E-state index in [1.165, 1.54) is 16.3 Å². The Hall–Kier alpha value is -2.88. The van der Waals surface area contributed by atoms with Gasteiger partial charge in [0, 0.05) is 5.41 Å². The van der Waals surface area contributed by atoms with Crippen molar-refractivity contribution < 1.29 is 19.8 Å². The van der Waals surface area contributed by atoms with E-state index in [4.69, 9.17) is 0 Å². The highest BCUT2D eigenvalue weighted by molar-refractivity contribution is 6.12. The molecular weight excluding hydrogens is 400 g/mol. The Morgan fingerprint density at radius 1 is 0.812 bits per heavy atom. The van der Waals surface area contributed by atoms with Crippen molar-refractivity contribution >= 4 is 33.5 Å². The van der Waals surface area contributed by atoms with E-state index in [1.807, 2.05) is 33.8 Å². The second kappa shape index (κ2) is 8.23. The van der Waals surface area contributed by atoms with E-state index in [-0.39, 0.29) is 11.8 Å². The highest BCUT2D eigenvalue weighted by Gasteiger charge is 2.52. The van der Waals surface area contributed by atoms with Crippen LogP contribution in [0.1, 0.15) is 51.7 Å². The summed E-state index contributed by atoms with van der Waals surface area (Å²) in [5.74, 6) is -3.18. The molecule has 0 aromatic heterocycles. The van der Waals surface area contributed by atoms with Gasteiger partial charge in [-0.15, -0.1) is 0 Å². The SMILES string of the molecule is CCC(C(=O)O)C(C)C1(C(C)C(CC)C(=O)O)Cc2cccc3ccc4cccc1c4c23. The Morgan fingerprint density at radius 3 is 1.81 bits per heavy atom. The molecule has 0 fully saturated rings. The molecule has 3 aromatic rings. The van der Waals surface area contributed by atoms with Crippen molar-refractivity contribution in [1.82, 2.24) is 0 Å². The molecule has 1 aliphatic rings. The Labute approximate surface area is 189 Å². The predicted octanol–water partition coefficient (Wildman–Crippen LogP) is 6.28. The first-order valence-electron chi connectivity index (χ1n) is 11.7. The highest BCUT2D eigenvalue weighted by Crippen LogP contribution is 2.55. The monoisotopic (exact) mass is 432 g/mol. The van der Waals surface area contributed by atoms with Crippen LogP contribution >= 0.6 is 0 Å². The highest BCUT2D eigenvalue weighted by atomic mass is 16.4. The molecule has 0 spiro atoms. The molecule has 4 unspecified atom stereocenters. The molecule has 0 amide bonds. The summed E-state index contributed by atoms with van der Waals surface area (Å²) in [5, 5.41) is 24.9. The molecule has 1 aliphatic carbocycles. The molecule has 0 saturated heterocycles. The van der Waals surface area contributed by atoms with Gasteiger partial charge in [0.05, 0.1) is 11.8 Å². The summed E-state index contributed by atoms with van der Waals surface area (Å²) < 4.78 is 0. The lowest BCUT2D eigenvalue weighted by molar-refractivity contribution is -0.147. The van der Waals surface area contributed by atoms with E-state index in [9.17, 15) is 19.8 Å². The quantitative estimate of drug-likeness (QED) is 0.411. The van der Waals surface area contributed by atoms with Gasteiger partial charge in [0.15, 0.2) is 0 Å². The lowest BCUT2D eigenvalue weighted by atomic mass is 9.52. The third kappa shape index (κ3) is 3.11. The molecule has 32 heavy (non-hydrogen) atoms. The van der Waals surface area contributed by atoms with Gasteiger partial charge in [-0.25, -0.2) is 0 Å². The fraction of sp³-hybridized carbons (Fsp3) is 0.429. The van der Waals surface area contributed by atoms with Gasteiger partial charge in [0.1, 0.15) is 0 Å². The molecule has 0 radical (unpaired) electrons. The van der Waals surface area contributed by atoms with Crippen LogP contribution in [0.3, 0.4) is 0 Å². The van der Waals surface area contributed by atoms with Crippen LogP contribution in [0, 0.1) is 23.7 Å². The minimum Gasteiger partial charge on any atom is -0.481 e. The average molecular weight is 433 g/mol. The van der Waals surface area contributed by atoms with Gasteiger partial charge < -0.3 is 10.2 Å². The predicted molar refractivity (Wildman–Crippen MR) is 128 cm³/mol. The first-order valence-corrected chi connectivity index (χ1v) is 11.7. The number of carbonyl (C=O) groups is 2. The molecular formula is C28H32O4. The van der Waals surface area contributed by atoms with Gasteiger partial charge in [-0.2, -0.15) is 0 Å². The number of carboxylic acid groups (broad SMARTS) is 2. The van der Waals surface area contributed by atoms with Crippen molar-refractivity contribution in [2.45, 2.75) is 52.4 Å². The molecule has 4 atom stereocenters. The van der Waals surface area contributed by atoms with Gasteiger partial charge in [-0.05, 0) is 63.8 Å². The maximum atomic E-state index is 12.3. The van der Waals surface area contributed by atoms with Crippen molar-refractivity contribution in [3.8, 4) is 0 Å². The Bertz CT molecular complexity index is 1170. The van der Waals surface area contributed by atoms with Crippen molar-refractivity contribution in [2.75, 3.05) is 0 Å². The molecule has 0 saturated carbocycles.